The molecule has 0 rings (SSSR count). The van der Waals surface area contributed by atoms with E-state index < -0.39 is 0 Å². The number of unbranched alkanes of at least 4 members (excludes halogenated alkanes) is 2. The van der Waals surface area contributed by atoms with Crippen LogP contribution in [0.5, 0.6) is 0 Å². The Hall–Kier alpha value is -0.0400. The molecule has 0 spiro atoms. The molecular formula is C18H38O. The van der Waals surface area contributed by atoms with Crippen LogP contribution in [-0.2, 0) is 4.74 Å². The van der Waals surface area contributed by atoms with Gasteiger partial charge in [-0.1, -0.05) is 80.1 Å². The predicted molar refractivity (Wildman–Crippen MR) is 86.6 cm³/mol. The lowest BCUT2D eigenvalue weighted by atomic mass is 9.93. The van der Waals surface area contributed by atoms with Crippen molar-refractivity contribution in [3.63, 3.8) is 0 Å². The molecule has 19 heavy (non-hydrogen) atoms. The predicted octanol–water partition coefficient (Wildman–Crippen LogP) is 6.21. The van der Waals surface area contributed by atoms with Crippen LogP contribution in [0.2, 0.25) is 0 Å². The minimum absolute atomic E-state index is 0.473. The van der Waals surface area contributed by atoms with Crippen molar-refractivity contribution in [3.05, 3.63) is 0 Å². The fourth-order valence-electron chi connectivity index (χ4n) is 2.53. The zero-order valence-electron chi connectivity index (χ0n) is 14.4. The standard InChI is InChI=1S/C18H38O/c1-7-11-13-17(15(5)9-3)19-18(14-12-8-2)16(6)10-4/h15-18H,7-14H2,1-6H3. The highest BCUT2D eigenvalue weighted by molar-refractivity contribution is 4.72. The van der Waals surface area contributed by atoms with Crippen molar-refractivity contribution >= 4 is 0 Å². The molecule has 0 saturated carbocycles. The topological polar surface area (TPSA) is 9.23 Å². The zero-order chi connectivity index (χ0) is 14.7. The molecule has 0 aliphatic heterocycles. The molecule has 0 aliphatic rings. The van der Waals surface area contributed by atoms with Gasteiger partial charge in [0.15, 0.2) is 0 Å². The Balaban J connectivity index is 4.51. The molecular weight excluding hydrogens is 232 g/mol. The van der Waals surface area contributed by atoms with E-state index in [0.717, 1.165) is 0 Å². The molecule has 1 heteroatoms. The SMILES string of the molecule is CCCCC(OC(CCCC)C(C)CC)C(C)CC. The van der Waals surface area contributed by atoms with Gasteiger partial charge in [-0.2, -0.15) is 0 Å². The van der Waals surface area contributed by atoms with Gasteiger partial charge >= 0.3 is 0 Å². The monoisotopic (exact) mass is 270 g/mol. The van der Waals surface area contributed by atoms with Gasteiger partial charge in [-0.05, 0) is 24.7 Å². The van der Waals surface area contributed by atoms with Crippen LogP contribution >= 0.6 is 0 Å². The van der Waals surface area contributed by atoms with E-state index in [1.165, 1.54) is 51.4 Å². The van der Waals surface area contributed by atoms with Crippen LogP contribution in [0.3, 0.4) is 0 Å². The molecule has 0 amide bonds. The molecule has 0 bridgehead atoms. The van der Waals surface area contributed by atoms with E-state index in [1.807, 2.05) is 0 Å². The second-order valence-electron chi connectivity index (χ2n) is 6.27. The molecule has 116 valence electrons. The highest BCUT2D eigenvalue weighted by Crippen LogP contribution is 2.25. The van der Waals surface area contributed by atoms with E-state index in [2.05, 4.69) is 41.5 Å². The molecule has 0 aromatic heterocycles. The van der Waals surface area contributed by atoms with E-state index in [4.69, 9.17) is 4.74 Å². The van der Waals surface area contributed by atoms with Crippen LogP contribution in [0.1, 0.15) is 92.9 Å². The van der Waals surface area contributed by atoms with Gasteiger partial charge in [0.05, 0.1) is 12.2 Å². The van der Waals surface area contributed by atoms with Crippen molar-refractivity contribution in [3.8, 4) is 0 Å². The molecule has 0 saturated heterocycles. The van der Waals surface area contributed by atoms with Crippen LogP contribution in [-0.4, -0.2) is 12.2 Å². The highest BCUT2D eigenvalue weighted by Gasteiger charge is 2.23. The van der Waals surface area contributed by atoms with Crippen molar-refractivity contribution in [1.82, 2.24) is 0 Å². The van der Waals surface area contributed by atoms with E-state index in [1.54, 1.807) is 0 Å². The number of ether oxygens (including phenoxy) is 1. The summed E-state index contributed by atoms with van der Waals surface area (Å²) < 4.78 is 6.56. The molecule has 0 N–H and O–H groups in total. The number of hydrogen-bond donors (Lipinski definition) is 0. The Morgan fingerprint density at radius 3 is 1.32 bits per heavy atom. The van der Waals surface area contributed by atoms with Crippen LogP contribution in [0.4, 0.5) is 0 Å². The molecule has 1 nitrogen and oxygen atoms in total. The summed E-state index contributed by atoms with van der Waals surface area (Å²) in [5.41, 5.74) is 0. The summed E-state index contributed by atoms with van der Waals surface area (Å²) in [6, 6.07) is 0. The molecule has 0 radical (unpaired) electrons. The molecule has 0 aromatic carbocycles. The Bertz CT molecular complexity index is 170. The van der Waals surface area contributed by atoms with Gasteiger partial charge in [0.1, 0.15) is 0 Å². The summed E-state index contributed by atoms with van der Waals surface area (Å²) in [6.07, 6.45) is 11.0. The number of hydrogen-bond acceptors (Lipinski definition) is 1. The van der Waals surface area contributed by atoms with Gasteiger partial charge in [0.25, 0.3) is 0 Å². The summed E-state index contributed by atoms with van der Waals surface area (Å²) in [5.74, 6) is 1.39. The Kier molecular flexibility index (Phi) is 11.7. The summed E-state index contributed by atoms with van der Waals surface area (Å²) in [7, 11) is 0. The molecule has 0 heterocycles. The summed E-state index contributed by atoms with van der Waals surface area (Å²) in [6.45, 7) is 13.8. The van der Waals surface area contributed by atoms with Crippen LogP contribution in [0, 0.1) is 11.8 Å². The van der Waals surface area contributed by atoms with Crippen molar-refractivity contribution in [2.24, 2.45) is 11.8 Å². The van der Waals surface area contributed by atoms with Gasteiger partial charge in [-0.25, -0.2) is 0 Å². The second kappa shape index (κ2) is 11.8. The summed E-state index contributed by atoms with van der Waals surface area (Å²) in [4.78, 5) is 0. The van der Waals surface area contributed by atoms with Gasteiger partial charge in [0.2, 0.25) is 0 Å². The Morgan fingerprint density at radius 2 is 1.05 bits per heavy atom. The third kappa shape index (κ3) is 7.97. The lowest BCUT2D eigenvalue weighted by Gasteiger charge is -2.32. The molecule has 0 fully saturated rings. The summed E-state index contributed by atoms with van der Waals surface area (Å²) >= 11 is 0. The van der Waals surface area contributed by atoms with E-state index in [0.29, 0.717) is 24.0 Å². The van der Waals surface area contributed by atoms with Gasteiger partial charge in [-0.3, -0.25) is 0 Å². The fourth-order valence-corrected chi connectivity index (χ4v) is 2.53. The first-order valence-corrected chi connectivity index (χ1v) is 8.75. The van der Waals surface area contributed by atoms with Crippen LogP contribution in [0.15, 0.2) is 0 Å². The first kappa shape index (κ1) is 19.0. The lowest BCUT2D eigenvalue weighted by molar-refractivity contribution is -0.0721. The van der Waals surface area contributed by atoms with Crippen molar-refractivity contribution in [2.75, 3.05) is 0 Å². The van der Waals surface area contributed by atoms with Crippen molar-refractivity contribution in [1.29, 1.82) is 0 Å². The maximum atomic E-state index is 6.56. The third-order valence-electron chi connectivity index (χ3n) is 4.59. The van der Waals surface area contributed by atoms with Gasteiger partial charge in [-0.15, -0.1) is 0 Å². The van der Waals surface area contributed by atoms with Crippen molar-refractivity contribution < 1.29 is 4.74 Å². The quantitative estimate of drug-likeness (QED) is 0.409. The average molecular weight is 271 g/mol. The minimum Gasteiger partial charge on any atom is -0.374 e. The van der Waals surface area contributed by atoms with Gasteiger partial charge < -0.3 is 4.74 Å². The van der Waals surface area contributed by atoms with E-state index in [-0.39, 0.29) is 0 Å². The van der Waals surface area contributed by atoms with Crippen LogP contribution in [0.25, 0.3) is 0 Å². The summed E-state index contributed by atoms with van der Waals surface area (Å²) in [5, 5.41) is 0. The molecule has 4 atom stereocenters. The zero-order valence-corrected chi connectivity index (χ0v) is 14.4. The Morgan fingerprint density at radius 1 is 0.684 bits per heavy atom. The molecule has 0 aromatic rings. The highest BCUT2D eigenvalue weighted by atomic mass is 16.5. The fraction of sp³-hybridized carbons (Fsp3) is 1.00. The normalized spacial score (nSPS) is 18.0. The molecule has 0 aliphatic carbocycles. The minimum atomic E-state index is 0.473. The maximum absolute atomic E-state index is 6.56. The third-order valence-corrected chi connectivity index (χ3v) is 4.59. The average Bonchev–Trinajstić information content (AvgIpc) is 2.44. The maximum Gasteiger partial charge on any atom is 0.0604 e. The van der Waals surface area contributed by atoms with Crippen LogP contribution < -0.4 is 0 Å². The lowest BCUT2D eigenvalue weighted by Crippen LogP contribution is -2.31. The van der Waals surface area contributed by atoms with E-state index >= 15 is 0 Å². The largest absolute Gasteiger partial charge is 0.374 e. The second-order valence-corrected chi connectivity index (χ2v) is 6.27. The first-order valence-electron chi connectivity index (χ1n) is 8.75. The van der Waals surface area contributed by atoms with Crippen molar-refractivity contribution in [2.45, 2.75) is 105 Å². The van der Waals surface area contributed by atoms with E-state index in [9.17, 15) is 0 Å². The smallest absolute Gasteiger partial charge is 0.0604 e. The van der Waals surface area contributed by atoms with Gasteiger partial charge in [0, 0.05) is 0 Å². The number of rotatable bonds is 12. The first-order chi connectivity index (χ1) is 9.10. The molecule has 4 unspecified atom stereocenters. The Labute approximate surface area is 122 Å².